The van der Waals surface area contributed by atoms with Gasteiger partial charge in [0.1, 0.15) is 0 Å². The van der Waals surface area contributed by atoms with Gasteiger partial charge in [-0.25, -0.2) is 8.42 Å². The first-order valence-corrected chi connectivity index (χ1v) is 10.1. The number of sulfonamides is 1. The van der Waals surface area contributed by atoms with Crippen LogP contribution in [-0.2, 0) is 24.3 Å². The summed E-state index contributed by atoms with van der Waals surface area (Å²) in [5, 5.41) is 2.56. The van der Waals surface area contributed by atoms with E-state index in [1.165, 1.54) is 16.4 Å². The lowest BCUT2D eigenvalue weighted by atomic mass is 9.92. The maximum absolute atomic E-state index is 12.6. The maximum Gasteiger partial charge on any atom is 0.306 e. The Morgan fingerprint density at radius 1 is 1.19 bits per heavy atom. The highest BCUT2D eigenvalue weighted by atomic mass is 32.2. The molecule has 1 heterocycles. The number of hydrogen-bond acceptors (Lipinski definition) is 5. The van der Waals surface area contributed by atoms with E-state index in [4.69, 9.17) is 4.74 Å². The van der Waals surface area contributed by atoms with Crippen molar-refractivity contribution in [3.8, 4) is 0 Å². The highest BCUT2D eigenvalue weighted by Crippen LogP contribution is 2.23. The predicted molar refractivity (Wildman–Crippen MR) is 98.1 cm³/mol. The van der Waals surface area contributed by atoms with Crippen molar-refractivity contribution in [1.29, 1.82) is 0 Å². The Balaban J connectivity index is 1.96. The third-order valence-corrected chi connectivity index (χ3v) is 5.75. The van der Waals surface area contributed by atoms with E-state index < -0.39 is 28.5 Å². The van der Waals surface area contributed by atoms with Gasteiger partial charge in [-0.05, 0) is 36.5 Å². The number of esters is 1. The Kier molecular flexibility index (Phi) is 6.41. The van der Waals surface area contributed by atoms with Gasteiger partial charge in [-0.15, -0.1) is 0 Å². The average Bonchev–Trinajstić information content (AvgIpc) is 3.07. The molecule has 0 bridgehead atoms. The summed E-state index contributed by atoms with van der Waals surface area (Å²) in [6.07, 6.45) is 1.93. The molecule has 0 saturated carbocycles. The zero-order valence-corrected chi connectivity index (χ0v) is 16.3. The first kappa shape index (κ1) is 20.4. The van der Waals surface area contributed by atoms with Gasteiger partial charge in [0.15, 0.2) is 6.61 Å². The summed E-state index contributed by atoms with van der Waals surface area (Å²) in [7, 11) is -3.55. The van der Waals surface area contributed by atoms with E-state index in [0.29, 0.717) is 18.8 Å². The number of benzene rings is 1. The quantitative estimate of drug-likeness (QED) is 0.763. The van der Waals surface area contributed by atoms with E-state index in [1.807, 2.05) is 20.8 Å². The van der Waals surface area contributed by atoms with Crippen molar-refractivity contribution in [3.05, 3.63) is 24.3 Å². The van der Waals surface area contributed by atoms with Crippen LogP contribution < -0.4 is 5.32 Å². The number of nitrogens with zero attached hydrogens (tertiary/aromatic N) is 1. The monoisotopic (exact) mass is 382 g/mol. The number of nitrogens with one attached hydrogen (secondary N) is 1. The Bertz CT molecular complexity index is 762. The van der Waals surface area contributed by atoms with Gasteiger partial charge < -0.3 is 10.1 Å². The molecular weight excluding hydrogens is 356 g/mol. The molecule has 0 aliphatic carbocycles. The summed E-state index contributed by atoms with van der Waals surface area (Å²) < 4.78 is 31.5. The lowest BCUT2D eigenvalue weighted by Gasteiger charge is -2.17. The van der Waals surface area contributed by atoms with Crippen LogP contribution in [0.4, 0.5) is 5.69 Å². The average molecular weight is 382 g/mol. The molecule has 1 amide bonds. The molecule has 1 aromatic carbocycles. The van der Waals surface area contributed by atoms with E-state index in [-0.39, 0.29) is 16.7 Å². The van der Waals surface area contributed by atoms with Gasteiger partial charge in [-0.3, -0.25) is 9.59 Å². The largest absolute Gasteiger partial charge is 0.456 e. The van der Waals surface area contributed by atoms with Gasteiger partial charge in [0.2, 0.25) is 10.0 Å². The van der Waals surface area contributed by atoms with Crippen LogP contribution in [0, 0.1) is 5.41 Å². The second-order valence-corrected chi connectivity index (χ2v) is 9.52. The van der Waals surface area contributed by atoms with Crippen LogP contribution in [0.5, 0.6) is 0 Å². The smallest absolute Gasteiger partial charge is 0.306 e. The van der Waals surface area contributed by atoms with Gasteiger partial charge in [0.05, 0.1) is 11.3 Å². The van der Waals surface area contributed by atoms with Gasteiger partial charge in [-0.2, -0.15) is 4.31 Å². The summed E-state index contributed by atoms with van der Waals surface area (Å²) in [6.45, 7) is 6.34. The minimum atomic E-state index is -3.55. The van der Waals surface area contributed by atoms with E-state index >= 15 is 0 Å². The number of rotatable bonds is 6. The molecule has 1 aliphatic rings. The van der Waals surface area contributed by atoms with Crippen LogP contribution in [0.15, 0.2) is 29.2 Å². The lowest BCUT2D eigenvalue weighted by molar-refractivity contribution is -0.149. The summed E-state index contributed by atoms with van der Waals surface area (Å²) in [5.74, 6) is -0.957. The zero-order valence-electron chi connectivity index (χ0n) is 15.4. The van der Waals surface area contributed by atoms with Crippen LogP contribution in [0.3, 0.4) is 0 Å². The number of ether oxygens (including phenoxy) is 1. The fourth-order valence-corrected chi connectivity index (χ4v) is 4.20. The molecule has 1 saturated heterocycles. The van der Waals surface area contributed by atoms with Crippen LogP contribution in [0.25, 0.3) is 0 Å². The minimum absolute atomic E-state index is 0.141. The molecule has 2 rings (SSSR count). The van der Waals surface area contributed by atoms with Gasteiger partial charge in [0.25, 0.3) is 5.91 Å². The van der Waals surface area contributed by atoms with Crippen LogP contribution >= 0.6 is 0 Å². The number of hydrogen-bond donors (Lipinski definition) is 1. The van der Waals surface area contributed by atoms with Crippen molar-refractivity contribution < 1.29 is 22.7 Å². The SMILES string of the molecule is CC(C)(C)CC(=O)OCC(=O)Nc1cccc(S(=O)(=O)N2CCCC2)c1. The van der Waals surface area contributed by atoms with E-state index in [9.17, 15) is 18.0 Å². The fraction of sp³-hybridized carbons (Fsp3) is 0.556. The molecule has 1 aromatic rings. The molecule has 144 valence electrons. The summed E-state index contributed by atoms with van der Waals surface area (Å²) in [6, 6.07) is 6.09. The third kappa shape index (κ3) is 5.81. The Morgan fingerprint density at radius 3 is 2.46 bits per heavy atom. The maximum atomic E-state index is 12.6. The first-order valence-electron chi connectivity index (χ1n) is 8.64. The topological polar surface area (TPSA) is 92.8 Å². The van der Waals surface area contributed by atoms with Crippen molar-refractivity contribution in [2.24, 2.45) is 5.41 Å². The van der Waals surface area contributed by atoms with Crippen LogP contribution in [0.2, 0.25) is 0 Å². The molecule has 1 fully saturated rings. The molecule has 0 atom stereocenters. The third-order valence-electron chi connectivity index (χ3n) is 3.86. The minimum Gasteiger partial charge on any atom is -0.456 e. The Labute approximate surface area is 154 Å². The normalized spacial score (nSPS) is 15.7. The van der Waals surface area contributed by atoms with Gasteiger partial charge >= 0.3 is 5.97 Å². The summed E-state index contributed by atoms with van der Waals surface area (Å²) in [4.78, 5) is 23.8. The van der Waals surface area contributed by atoms with Gasteiger partial charge in [-0.1, -0.05) is 26.8 Å². The second kappa shape index (κ2) is 8.18. The highest BCUT2D eigenvalue weighted by Gasteiger charge is 2.27. The first-order chi connectivity index (χ1) is 12.1. The van der Waals surface area contributed by atoms with Crippen molar-refractivity contribution in [2.45, 2.75) is 44.9 Å². The molecule has 1 N–H and O–H groups in total. The molecule has 7 nitrogen and oxygen atoms in total. The number of carbonyl (C=O) groups is 2. The molecule has 0 unspecified atom stereocenters. The van der Waals surface area contributed by atoms with Gasteiger partial charge in [0, 0.05) is 18.8 Å². The van der Waals surface area contributed by atoms with Crippen molar-refractivity contribution in [3.63, 3.8) is 0 Å². The molecule has 0 radical (unpaired) electrons. The summed E-state index contributed by atoms with van der Waals surface area (Å²) >= 11 is 0. The van der Waals surface area contributed by atoms with E-state index in [0.717, 1.165) is 12.8 Å². The molecule has 26 heavy (non-hydrogen) atoms. The molecule has 1 aliphatic heterocycles. The zero-order chi connectivity index (χ0) is 19.4. The number of amides is 1. The Hall–Kier alpha value is -1.93. The molecular formula is C18H26N2O5S. The van der Waals surface area contributed by atoms with E-state index in [1.54, 1.807) is 12.1 Å². The standard InChI is InChI=1S/C18H26N2O5S/c1-18(2,3)12-17(22)25-13-16(21)19-14-7-6-8-15(11-14)26(23,24)20-9-4-5-10-20/h6-8,11H,4-5,9-10,12-13H2,1-3H3,(H,19,21). The molecule has 8 heteroatoms. The van der Waals surface area contributed by atoms with Crippen LogP contribution in [0.1, 0.15) is 40.0 Å². The fourth-order valence-electron chi connectivity index (χ4n) is 2.64. The van der Waals surface area contributed by atoms with Crippen molar-refractivity contribution in [1.82, 2.24) is 4.31 Å². The highest BCUT2D eigenvalue weighted by molar-refractivity contribution is 7.89. The molecule has 0 aromatic heterocycles. The van der Waals surface area contributed by atoms with E-state index in [2.05, 4.69) is 5.32 Å². The van der Waals surface area contributed by atoms with Crippen molar-refractivity contribution in [2.75, 3.05) is 25.0 Å². The van der Waals surface area contributed by atoms with Crippen LogP contribution in [-0.4, -0.2) is 44.3 Å². The lowest BCUT2D eigenvalue weighted by Crippen LogP contribution is -2.28. The predicted octanol–water partition coefficient (Wildman–Crippen LogP) is 2.39. The number of carbonyl (C=O) groups excluding carboxylic acids is 2. The second-order valence-electron chi connectivity index (χ2n) is 7.59. The molecule has 0 spiro atoms. The number of anilines is 1. The van der Waals surface area contributed by atoms with Crippen molar-refractivity contribution >= 4 is 27.6 Å². The summed E-state index contributed by atoms with van der Waals surface area (Å²) in [5.41, 5.74) is 0.133. The Morgan fingerprint density at radius 2 is 1.85 bits per heavy atom.